The van der Waals surface area contributed by atoms with Crippen molar-refractivity contribution < 1.29 is 0 Å². The molecule has 0 aromatic carbocycles. The molecule has 21 heavy (non-hydrogen) atoms. The second-order valence-corrected chi connectivity index (χ2v) is 8.67. The van der Waals surface area contributed by atoms with Gasteiger partial charge in [-0.1, -0.05) is 86.5 Å². The van der Waals surface area contributed by atoms with Crippen LogP contribution in [0.15, 0.2) is 0 Å². The molecule has 2 rings (SSSR count). The topological polar surface area (TPSA) is 0 Å². The van der Waals surface area contributed by atoms with Crippen LogP contribution in [0.3, 0.4) is 0 Å². The molecule has 0 aliphatic heterocycles. The van der Waals surface area contributed by atoms with Crippen LogP contribution in [-0.4, -0.2) is 0 Å². The van der Waals surface area contributed by atoms with Gasteiger partial charge in [0.1, 0.15) is 0 Å². The summed E-state index contributed by atoms with van der Waals surface area (Å²) in [6.45, 7) is 14.3. The molecule has 6 atom stereocenters. The van der Waals surface area contributed by atoms with Crippen LogP contribution in [0.5, 0.6) is 0 Å². The van der Waals surface area contributed by atoms with Crippen molar-refractivity contribution >= 4 is 0 Å². The summed E-state index contributed by atoms with van der Waals surface area (Å²) in [6.07, 6.45) is 13.1. The van der Waals surface area contributed by atoms with E-state index in [4.69, 9.17) is 0 Å². The van der Waals surface area contributed by atoms with Crippen LogP contribution < -0.4 is 0 Å². The summed E-state index contributed by atoms with van der Waals surface area (Å²) in [5.41, 5.74) is 0. The standard InChI is InChI=1S/C12H24.C9H18/c1-4-5-6-12-9-10(2)7-8-11(12)3;1-7-4-5-8(2)9(3)6-7/h10-12H,4-9H2,1-3H3;7-9H,4-6H2,1-3H3. The lowest BCUT2D eigenvalue weighted by atomic mass is 9.73. The minimum absolute atomic E-state index is 0.980. The van der Waals surface area contributed by atoms with E-state index in [2.05, 4.69) is 41.5 Å². The predicted molar refractivity (Wildman–Crippen MR) is 96.5 cm³/mol. The maximum atomic E-state index is 2.45. The van der Waals surface area contributed by atoms with Gasteiger partial charge in [-0.15, -0.1) is 0 Å². The van der Waals surface area contributed by atoms with E-state index in [1.807, 2.05) is 0 Å². The molecule has 0 amide bonds. The monoisotopic (exact) mass is 294 g/mol. The van der Waals surface area contributed by atoms with Crippen molar-refractivity contribution in [3.05, 3.63) is 0 Å². The molecule has 0 radical (unpaired) electrons. The maximum absolute atomic E-state index is 2.45. The lowest BCUT2D eigenvalue weighted by Gasteiger charge is -2.32. The normalized spacial score (nSPS) is 40.3. The van der Waals surface area contributed by atoms with Crippen LogP contribution in [0.25, 0.3) is 0 Å². The summed E-state index contributed by atoms with van der Waals surface area (Å²) in [5, 5.41) is 0. The Hall–Kier alpha value is 0. The molecular weight excluding hydrogens is 252 g/mol. The lowest BCUT2D eigenvalue weighted by molar-refractivity contribution is 0.190. The summed E-state index contributed by atoms with van der Waals surface area (Å²) in [7, 11) is 0. The van der Waals surface area contributed by atoms with Crippen molar-refractivity contribution in [2.24, 2.45) is 35.5 Å². The van der Waals surface area contributed by atoms with Gasteiger partial charge in [0.05, 0.1) is 0 Å². The molecule has 0 bridgehead atoms. The molecule has 2 fully saturated rings. The van der Waals surface area contributed by atoms with Crippen molar-refractivity contribution in [1.29, 1.82) is 0 Å². The molecule has 126 valence electrons. The molecule has 2 aliphatic rings. The van der Waals surface area contributed by atoms with E-state index in [1.165, 1.54) is 57.8 Å². The number of unbranched alkanes of at least 4 members (excludes halogenated alkanes) is 1. The third-order valence-electron chi connectivity index (χ3n) is 6.41. The average Bonchev–Trinajstić information content (AvgIpc) is 2.45. The first-order chi connectivity index (χ1) is 9.93. The van der Waals surface area contributed by atoms with E-state index in [9.17, 15) is 0 Å². The Bertz CT molecular complexity index is 257. The number of hydrogen-bond donors (Lipinski definition) is 0. The van der Waals surface area contributed by atoms with E-state index < -0.39 is 0 Å². The highest BCUT2D eigenvalue weighted by atomic mass is 14.3. The van der Waals surface area contributed by atoms with E-state index in [1.54, 1.807) is 0 Å². The van der Waals surface area contributed by atoms with E-state index in [-0.39, 0.29) is 0 Å². The molecular formula is C21H42. The maximum Gasteiger partial charge on any atom is -0.0386 e. The molecule has 0 nitrogen and oxygen atoms in total. The Morgan fingerprint density at radius 1 is 0.667 bits per heavy atom. The van der Waals surface area contributed by atoms with Crippen molar-refractivity contribution in [3.63, 3.8) is 0 Å². The molecule has 2 saturated carbocycles. The zero-order valence-electron chi connectivity index (χ0n) is 15.8. The van der Waals surface area contributed by atoms with Crippen molar-refractivity contribution in [1.82, 2.24) is 0 Å². The van der Waals surface area contributed by atoms with Crippen LogP contribution in [-0.2, 0) is 0 Å². The molecule has 0 spiro atoms. The first kappa shape index (κ1) is 19.0. The first-order valence-corrected chi connectivity index (χ1v) is 9.93. The fourth-order valence-corrected chi connectivity index (χ4v) is 4.34. The van der Waals surface area contributed by atoms with E-state index in [0.717, 1.165) is 35.5 Å². The van der Waals surface area contributed by atoms with Gasteiger partial charge in [0.25, 0.3) is 0 Å². The summed E-state index contributed by atoms with van der Waals surface area (Å²) in [5.74, 6) is 6.02. The number of hydrogen-bond acceptors (Lipinski definition) is 0. The third kappa shape index (κ3) is 7.20. The lowest BCUT2D eigenvalue weighted by Crippen LogP contribution is -2.21. The molecule has 0 aromatic heterocycles. The van der Waals surface area contributed by atoms with Gasteiger partial charge in [-0.2, -0.15) is 0 Å². The number of rotatable bonds is 3. The minimum atomic E-state index is 0.980. The SMILES string of the molecule is CC1CCC(C)C(C)C1.CCCCC1CC(C)CCC1C. The van der Waals surface area contributed by atoms with Gasteiger partial charge in [-0.05, 0) is 48.3 Å². The molecule has 2 aliphatic carbocycles. The summed E-state index contributed by atoms with van der Waals surface area (Å²) >= 11 is 0. The molecule has 0 N–H and O–H groups in total. The highest BCUT2D eigenvalue weighted by Crippen LogP contribution is 2.36. The van der Waals surface area contributed by atoms with Crippen LogP contribution in [0.2, 0.25) is 0 Å². The van der Waals surface area contributed by atoms with E-state index in [0.29, 0.717) is 0 Å². The average molecular weight is 295 g/mol. The Morgan fingerprint density at radius 2 is 1.24 bits per heavy atom. The van der Waals surface area contributed by atoms with Gasteiger partial charge in [-0.3, -0.25) is 0 Å². The zero-order chi connectivity index (χ0) is 15.8. The van der Waals surface area contributed by atoms with Gasteiger partial charge in [-0.25, -0.2) is 0 Å². The van der Waals surface area contributed by atoms with Gasteiger partial charge in [0.2, 0.25) is 0 Å². The molecule has 6 unspecified atom stereocenters. The van der Waals surface area contributed by atoms with E-state index >= 15 is 0 Å². The second kappa shape index (κ2) is 9.90. The summed E-state index contributed by atoms with van der Waals surface area (Å²) < 4.78 is 0. The third-order valence-corrected chi connectivity index (χ3v) is 6.41. The highest BCUT2D eigenvalue weighted by Gasteiger charge is 2.24. The van der Waals surface area contributed by atoms with Gasteiger partial charge < -0.3 is 0 Å². The highest BCUT2D eigenvalue weighted by molar-refractivity contribution is 4.75. The van der Waals surface area contributed by atoms with Crippen LogP contribution in [0.1, 0.15) is 99.3 Å². The largest absolute Gasteiger partial charge is 0.0654 e. The Labute approximate surface area is 135 Å². The molecule has 0 saturated heterocycles. The quantitative estimate of drug-likeness (QED) is 0.511. The molecule has 0 heteroatoms. The van der Waals surface area contributed by atoms with Gasteiger partial charge in [0.15, 0.2) is 0 Å². The van der Waals surface area contributed by atoms with Crippen molar-refractivity contribution in [2.45, 2.75) is 99.3 Å². The summed E-state index contributed by atoms with van der Waals surface area (Å²) in [4.78, 5) is 0. The Morgan fingerprint density at radius 3 is 1.76 bits per heavy atom. The van der Waals surface area contributed by atoms with Crippen LogP contribution in [0.4, 0.5) is 0 Å². The molecule has 0 heterocycles. The van der Waals surface area contributed by atoms with Gasteiger partial charge >= 0.3 is 0 Å². The molecule has 0 aromatic rings. The first-order valence-electron chi connectivity index (χ1n) is 9.93. The van der Waals surface area contributed by atoms with Crippen LogP contribution >= 0.6 is 0 Å². The fourth-order valence-electron chi connectivity index (χ4n) is 4.34. The predicted octanol–water partition coefficient (Wildman–Crippen LogP) is 7.33. The fraction of sp³-hybridized carbons (Fsp3) is 1.00. The second-order valence-electron chi connectivity index (χ2n) is 8.67. The van der Waals surface area contributed by atoms with Gasteiger partial charge in [0, 0.05) is 0 Å². The summed E-state index contributed by atoms with van der Waals surface area (Å²) in [6, 6.07) is 0. The van der Waals surface area contributed by atoms with Crippen LogP contribution in [0, 0.1) is 35.5 Å². The Kier molecular flexibility index (Phi) is 8.98. The minimum Gasteiger partial charge on any atom is -0.0654 e. The van der Waals surface area contributed by atoms with Crippen molar-refractivity contribution in [2.75, 3.05) is 0 Å². The smallest absolute Gasteiger partial charge is 0.0386 e. The Balaban J connectivity index is 0.000000219. The van der Waals surface area contributed by atoms with Crippen molar-refractivity contribution in [3.8, 4) is 0 Å². The zero-order valence-corrected chi connectivity index (χ0v) is 15.8.